The summed E-state index contributed by atoms with van der Waals surface area (Å²) in [7, 11) is 0. The van der Waals surface area contributed by atoms with Crippen molar-refractivity contribution in [1.29, 1.82) is 0 Å². The fourth-order valence-electron chi connectivity index (χ4n) is 4.75. The Hall–Kier alpha value is -3.58. The van der Waals surface area contributed by atoms with E-state index in [4.69, 9.17) is 33.4 Å². The Morgan fingerprint density at radius 1 is 0.816 bits per heavy atom. The van der Waals surface area contributed by atoms with E-state index in [1.54, 1.807) is 6.07 Å². The first-order chi connectivity index (χ1) is 18.4. The molecule has 0 aromatic heterocycles. The van der Waals surface area contributed by atoms with Gasteiger partial charge in [-0.25, -0.2) is 10.0 Å². The third-order valence-electron chi connectivity index (χ3n) is 6.61. The number of halogens is 2. The fourth-order valence-corrected chi connectivity index (χ4v) is 6.48. The van der Waals surface area contributed by atoms with Crippen LogP contribution in [0.5, 0.6) is 0 Å². The first-order valence-corrected chi connectivity index (χ1v) is 13.6. The molecule has 0 saturated heterocycles. The second kappa shape index (κ2) is 9.62. The molecule has 38 heavy (non-hydrogen) atoms. The van der Waals surface area contributed by atoms with E-state index in [1.165, 1.54) is 18.7 Å². The molecule has 0 radical (unpaired) electrons. The van der Waals surface area contributed by atoms with Crippen LogP contribution in [0, 0.1) is 6.92 Å². The molecule has 8 heteroatoms. The lowest BCUT2D eigenvalue weighted by molar-refractivity contribution is -0.110. The van der Waals surface area contributed by atoms with Crippen molar-refractivity contribution in [2.45, 2.75) is 18.8 Å². The number of nitrogens with zero attached hydrogens (tertiary/aromatic N) is 4. The summed E-state index contributed by atoms with van der Waals surface area (Å²) in [5.74, 6) is -0.137. The molecule has 0 amide bonds. The Bertz CT molecular complexity index is 1620. The van der Waals surface area contributed by atoms with E-state index < -0.39 is 4.99 Å². The van der Waals surface area contributed by atoms with Gasteiger partial charge in [0.1, 0.15) is 0 Å². The Kier molecular flexibility index (Phi) is 6.26. The minimum absolute atomic E-state index is 0.137. The summed E-state index contributed by atoms with van der Waals surface area (Å²) < 4.78 is 0. The van der Waals surface area contributed by atoms with Gasteiger partial charge in [-0.15, -0.1) is 0 Å². The monoisotopic (exact) mass is 556 g/mol. The van der Waals surface area contributed by atoms with Gasteiger partial charge >= 0.3 is 0 Å². The SMILES string of the molecule is CC(=O)C1=NN(c2ccc(Cl)c(C)c2Cl)C2(S1)c1ccccc1C(c1ccccc1)=NN2c1ccccc1. The highest BCUT2D eigenvalue weighted by atomic mass is 35.5. The van der Waals surface area contributed by atoms with Crippen molar-refractivity contribution in [3.63, 3.8) is 0 Å². The number of carbonyl (C=O) groups excluding carboxylic acids is 1. The number of Topliss-reactive ketones (excluding diaryl/α,β-unsaturated/α-hetero) is 1. The number of fused-ring (bicyclic) bond motifs is 2. The molecule has 4 aromatic rings. The molecular weight excluding hydrogens is 535 g/mol. The number of para-hydroxylation sites is 1. The summed E-state index contributed by atoms with van der Waals surface area (Å²) in [6.07, 6.45) is 0. The van der Waals surface area contributed by atoms with Crippen molar-refractivity contribution in [2.75, 3.05) is 10.0 Å². The maximum atomic E-state index is 12.8. The zero-order valence-corrected chi connectivity index (χ0v) is 22.9. The predicted octanol–water partition coefficient (Wildman–Crippen LogP) is 7.84. The van der Waals surface area contributed by atoms with Crippen LogP contribution in [0.15, 0.2) is 107 Å². The van der Waals surface area contributed by atoms with Crippen LogP contribution in [0.25, 0.3) is 0 Å². The van der Waals surface area contributed by atoms with Crippen molar-refractivity contribution >= 4 is 62.9 Å². The van der Waals surface area contributed by atoms with Gasteiger partial charge in [0, 0.05) is 28.6 Å². The number of anilines is 2. The number of ketones is 1. The highest BCUT2D eigenvalue weighted by Gasteiger charge is 2.56. The molecule has 2 aliphatic rings. The van der Waals surface area contributed by atoms with Crippen LogP contribution in [0.2, 0.25) is 10.0 Å². The maximum Gasteiger partial charge on any atom is 0.234 e. The zero-order valence-electron chi connectivity index (χ0n) is 20.6. The molecule has 1 atom stereocenters. The number of hydrogen-bond acceptors (Lipinski definition) is 6. The maximum absolute atomic E-state index is 12.8. The summed E-state index contributed by atoms with van der Waals surface area (Å²) in [5.41, 5.74) is 5.91. The molecule has 2 heterocycles. The lowest BCUT2D eigenvalue weighted by Gasteiger charge is -2.47. The van der Waals surface area contributed by atoms with Gasteiger partial charge in [0.15, 0.2) is 10.8 Å². The van der Waals surface area contributed by atoms with Gasteiger partial charge in [-0.05, 0) is 48.5 Å². The summed E-state index contributed by atoms with van der Waals surface area (Å²) in [6.45, 7) is 3.40. The smallest absolute Gasteiger partial charge is 0.234 e. The van der Waals surface area contributed by atoms with Gasteiger partial charge in [0.2, 0.25) is 4.99 Å². The first kappa shape index (κ1) is 24.7. The summed E-state index contributed by atoms with van der Waals surface area (Å²) in [6, 6.07) is 31.8. The van der Waals surface area contributed by atoms with E-state index in [2.05, 4.69) is 12.1 Å². The summed E-state index contributed by atoms with van der Waals surface area (Å²) >= 11 is 14.7. The van der Waals surface area contributed by atoms with Crippen LogP contribution >= 0.6 is 35.0 Å². The van der Waals surface area contributed by atoms with Gasteiger partial charge in [0.05, 0.1) is 22.1 Å². The number of benzene rings is 4. The van der Waals surface area contributed by atoms with Crippen molar-refractivity contribution in [3.8, 4) is 0 Å². The molecule has 1 spiro atoms. The highest BCUT2D eigenvalue weighted by molar-refractivity contribution is 8.17. The number of thioether (sulfide) groups is 1. The van der Waals surface area contributed by atoms with Crippen LogP contribution in [0.4, 0.5) is 11.4 Å². The minimum Gasteiger partial charge on any atom is -0.292 e. The molecule has 4 aromatic carbocycles. The van der Waals surface area contributed by atoms with Crippen molar-refractivity contribution < 1.29 is 4.79 Å². The number of hydrogen-bond donors (Lipinski definition) is 0. The Labute approximate surface area is 235 Å². The topological polar surface area (TPSA) is 48.3 Å². The van der Waals surface area contributed by atoms with Gasteiger partial charge in [-0.2, -0.15) is 10.2 Å². The van der Waals surface area contributed by atoms with Crippen LogP contribution in [-0.2, 0) is 9.79 Å². The normalized spacial score (nSPS) is 18.3. The first-order valence-electron chi connectivity index (χ1n) is 12.0. The minimum atomic E-state index is -1.07. The lowest BCUT2D eigenvalue weighted by Crippen LogP contribution is -2.54. The zero-order chi connectivity index (χ0) is 26.4. The Balaban J connectivity index is 1.69. The van der Waals surface area contributed by atoms with Crippen LogP contribution < -0.4 is 10.0 Å². The fraction of sp³-hybridized carbons (Fsp3) is 0.100. The van der Waals surface area contributed by atoms with Crippen LogP contribution in [0.3, 0.4) is 0 Å². The van der Waals surface area contributed by atoms with E-state index in [1.807, 2.05) is 95.8 Å². The van der Waals surface area contributed by atoms with Gasteiger partial charge < -0.3 is 0 Å². The van der Waals surface area contributed by atoms with E-state index >= 15 is 0 Å². The molecule has 5 nitrogen and oxygen atoms in total. The van der Waals surface area contributed by atoms with E-state index in [0.717, 1.165) is 33.7 Å². The van der Waals surface area contributed by atoms with Gasteiger partial charge in [-0.1, -0.05) is 96.0 Å². The quantitative estimate of drug-likeness (QED) is 0.257. The predicted molar refractivity (Wildman–Crippen MR) is 159 cm³/mol. The summed E-state index contributed by atoms with van der Waals surface area (Å²) in [5, 5.41) is 15.3. The molecular formula is C30H22Cl2N4OS. The second-order valence-corrected chi connectivity index (χ2v) is 10.9. The highest BCUT2D eigenvalue weighted by Crippen LogP contribution is 2.56. The van der Waals surface area contributed by atoms with Crippen LogP contribution in [0.1, 0.15) is 29.2 Å². The Morgan fingerprint density at radius 2 is 1.47 bits per heavy atom. The molecule has 188 valence electrons. The van der Waals surface area contributed by atoms with E-state index in [0.29, 0.717) is 20.8 Å². The average molecular weight is 558 g/mol. The largest absolute Gasteiger partial charge is 0.292 e. The average Bonchev–Trinajstić information content (AvgIpc) is 3.34. The van der Waals surface area contributed by atoms with Crippen molar-refractivity contribution in [3.05, 3.63) is 129 Å². The van der Waals surface area contributed by atoms with E-state index in [-0.39, 0.29) is 5.78 Å². The molecule has 1 unspecified atom stereocenters. The third-order valence-corrected chi connectivity index (χ3v) is 8.91. The standard InChI is InChI=1S/C30H22Cl2N4OS/c1-19-25(31)17-18-26(27(19)32)36-30(38-29(34-36)20(2)37)24-16-10-9-15-23(24)28(21-11-5-3-6-12-21)33-35(30)22-13-7-4-8-14-22/h3-18H,1-2H3. The van der Waals surface area contributed by atoms with Crippen molar-refractivity contribution in [2.24, 2.45) is 10.2 Å². The number of rotatable bonds is 4. The molecule has 0 bridgehead atoms. The molecule has 0 fully saturated rings. The van der Waals surface area contributed by atoms with Crippen molar-refractivity contribution in [1.82, 2.24) is 0 Å². The van der Waals surface area contributed by atoms with E-state index in [9.17, 15) is 4.79 Å². The molecule has 2 aliphatic heterocycles. The number of hydrazone groups is 2. The van der Waals surface area contributed by atoms with Crippen LogP contribution in [-0.4, -0.2) is 16.5 Å². The molecule has 0 saturated carbocycles. The van der Waals surface area contributed by atoms with Gasteiger partial charge in [-0.3, -0.25) is 4.79 Å². The number of carbonyl (C=O) groups is 1. The molecule has 0 aliphatic carbocycles. The Morgan fingerprint density at radius 3 is 2.18 bits per heavy atom. The third kappa shape index (κ3) is 3.83. The summed E-state index contributed by atoms with van der Waals surface area (Å²) in [4.78, 5) is 11.7. The lowest BCUT2D eigenvalue weighted by atomic mass is 9.93. The second-order valence-electron chi connectivity index (χ2n) is 9.00. The molecule has 6 rings (SSSR count). The van der Waals surface area contributed by atoms with Gasteiger partial charge in [0.25, 0.3) is 0 Å². The molecule has 0 N–H and O–H groups in total.